The van der Waals surface area contributed by atoms with Crippen molar-refractivity contribution in [1.29, 1.82) is 0 Å². The van der Waals surface area contributed by atoms with Crippen molar-refractivity contribution >= 4 is 0 Å². The minimum Gasteiger partial charge on any atom is -0.352 e. The molecule has 16 heavy (non-hydrogen) atoms. The van der Waals surface area contributed by atoms with Gasteiger partial charge in [0.25, 0.3) is 0 Å². The summed E-state index contributed by atoms with van der Waals surface area (Å²) in [7, 11) is 0. The monoisotopic (exact) mass is 229 g/mol. The van der Waals surface area contributed by atoms with E-state index in [4.69, 9.17) is 9.47 Å². The molecule has 0 amide bonds. The Balaban J connectivity index is 2.37. The Morgan fingerprint density at radius 2 is 1.62 bits per heavy atom. The van der Waals surface area contributed by atoms with Gasteiger partial charge in [-0.05, 0) is 32.6 Å². The van der Waals surface area contributed by atoms with Gasteiger partial charge in [-0.1, -0.05) is 13.8 Å². The number of ether oxygens (including phenoxy) is 2. The number of hydrogen-bond donors (Lipinski definition) is 0. The number of hydrogen-bond acceptors (Lipinski definition) is 3. The van der Waals surface area contributed by atoms with Crippen LogP contribution in [0.25, 0.3) is 0 Å². The van der Waals surface area contributed by atoms with Crippen LogP contribution in [0.4, 0.5) is 0 Å². The van der Waals surface area contributed by atoms with E-state index in [1.165, 1.54) is 12.8 Å². The lowest BCUT2D eigenvalue weighted by atomic mass is 10.2. The molecule has 0 saturated heterocycles. The predicted molar refractivity (Wildman–Crippen MR) is 66.5 cm³/mol. The topological polar surface area (TPSA) is 21.7 Å². The molecule has 0 unspecified atom stereocenters. The molecule has 0 aliphatic heterocycles. The lowest BCUT2D eigenvalue weighted by Gasteiger charge is -2.28. The van der Waals surface area contributed by atoms with Crippen LogP contribution >= 0.6 is 0 Å². The molecule has 3 nitrogen and oxygen atoms in total. The summed E-state index contributed by atoms with van der Waals surface area (Å²) in [5.41, 5.74) is 0. The van der Waals surface area contributed by atoms with Gasteiger partial charge in [0, 0.05) is 32.3 Å². The van der Waals surface area contributed by atoms with Crippen molar-refractivity contribution in [1.82, 2.24) is 4.90 Å². The quantitative estimate of drug-likeness (QED) is 0.567. The summed E-state index contributed by atoms with van der Waals surface area (Å²) in [5, 5.41) is 0. The fourth-order valence-corrected chi connectivity index (χ4v) is 2.00. The van der Waals surface area contributed by atoms with Gasteiger partial charge in [-0.2, -0.15) is 0 Å². The highest BCUT2D eigenvalue weighted by molar-refractivity contribution is 4.85. The third-order valence-corrected chi connectivity index (χ3v) is 2.75. The molecule has 0 aromatic heterocycles. The lowest BCUT2D eigenvalue weighted by molar-refractivity contribution is -0.148. The molecule has 1 aliphatic rings. The van der Waals surface area contributed by atoms with E-state index >= 15 is 0 Å². The highest BCUT2D eigenvalue weighted by Gasteiger charge is 2.31. The zero-order valence-electron chi connectivity index (χ0n) is 11.2. The third-order valence-electron chi connectivity index (χ3n) is 2.75. The number of nitrogens with zero attached hydrogens (tertiary/aromatic N) is 1. The van der Waals surface area contributed by atoms with Gasteiger partial charge in [-0.15, -0.1) is 0 Å². The molecule has 0 heterocycles. The van der Waals surface area contributed by atoms with Gasteiger partial charge < -0.3 is 9.47 Å². The molecule has 1 saturated carbocycles. The van der Waals surface area contributed by atoms with Crippen LogP contribution in [0.15, 0.2) is 0 Å². The van der Waals surface area contributed by atoms with E-state index in [0.29, 0.717) is 5.92 Å². The molecular formula is C13H27NO2. The molecule has 0 bridgehead atoms. The van der Waals surface area contributed by atoms with E-state index in [0.717, 1.165) is 32.3 Å². The lowest BCUT2D eigenvalue weighted by Crippen LogP contribution is -2.39. The molecule has 1 fully saturated rings. The summed E-state index contributed by atoms with van der Waals surface area (Å²) in [5.74, 6) is 0.713. The van der Waals surface area contributed by atoms with E-state index in [1.54, 1.807) is 0 Å². The van der Waals surface area contributed by atoms with Crippen molar-refractivity contribution in [3.05, 3.63) is 0 Å². The largest absolute Gasteiger partial charge is 0.352 e. The maximum Gasteiger partial charge on any atom is 0.170 e. The van der Waals surface area contributed by atoms with Gasteiger partial charge >= 0.3 is 0 Å². The van der Waals surface area contributed by atoms with Crippen LogP contribution in [0, 0.1) is 5.92 Å². The molecule has 0 N–H and O–H groups in total. The maximum atomic E-state index is 5.61. The van der Waals surface area contributed by atoms with E-state index < -0.39 is 0 Å². The molecule has 0 radical (unpaired) electrons. The van der Waals surface area contributed by atoms with Crippen LogP contribution in [0.3, 0.4) is 0 Å². The molecule has 0 aromatic carbocycles. The van der Waals surface area contributed by atoms with Crippen LogP contribution in [-0.2, 0) is 9.47 Å². The van der Waals surface area contributed by atoms with Crippen molar-refractivity contribution in [3.8, 4) is 0 Å². The van der Waals surface area contributed by atoms with Crippen molar-refractivity contribution in [2.45, 2.75) is 52.9 Å². The van der Waals surface area contributed by atoms with Gasteiger partial charge in [0.2, 0.25) is 0 Å². The summed E-state index contributed by atoms with van der Waals surface area (Å²) in [6.45, 7) is 12.1. The van der Waals surface area contributed by atoms with Gasteiger partial charge in [-0.3, -0.25) is 4.90 Å². The van der Waals surface area contributed by atoms with Crippen molar-refractivity contribution in [2.75, 3.05) is 26.3 Å². The Labute approximate surface area is 100 Å². The maximum absolute atomic E-state index is 5.61. The number of rotatable bonds is 9. The summed E-state index contributed by atoms with van der Waals surface area (Å²) < 4.78 is 11.2. The Kier molecular flexibility index (Phi) is 6.32. The van der Waals surface area contributed by atoms with E-state index in [9.17, 15) is 0 Å². The Hall–Kier alpha value is -0.120. The summed E-state index contributed by atoms with van der Waals surface area (Å²) in [6.07, 6.45) is 2.64. The minimum atomic E-state index is -0.0469. The minimum absolute atomic E-state index is 0.0469. The highest BCUT2D eigenvalue weighted by atomic mass is 16.7. The third kappa shape index (κ3) is 5.28. The van der Waals surface area contributed by atoms with E-state index in [-0.39, 0.29) is 6.29 Å². The zero-order chi connectivity index (χ0) is 12.0. The second-order valence-corrected chi connectivity index (χ2v) is 4.92. The average Bonchev–Trinajstić information content (AvgIpc) is 2.99. The van der Waals surface area contributed by atoms with Gasteiger partial charge in [0.05, 0.1) is 0 Å². The molecule has 1 rings (SSSR count). The Bertz CT molecular complexity index is 175. The molecule has 0 atom stereocenters. The first-order chi connectivity index (χ1) is 7.67. The molecule has 3 heteroatoms. The van der Waals surface area contributed by atoms with Gasteiger partial charge in [0.15, 0.2) is 6.29 Å². The van der Waals surface area contributed by atoms with Crippen LogP contribution in [0.5, 0.6) is 0 Å². The van der Waals surface area contributed by atoms with Crippen molar-refractivity contribution in [3.63, 3.8) is 0 Å². The molecule has 0 spiro atoms. The van der Waals surface area contributed by atoms with Crippen molar-refractivity contribution < 1.29 is 9.47 Å². The fourth-order valence-electron chi connectivity index (χ4n) is 2.00. The van der Waals surface area contributed by atoms with Crippen LogP contribution in [0.2, 0.25) is 0 Å². The first kappa shape index (κ1) is 13.9. The second-order valence-electron chi connectivity index (χ2n) is 4.92. The van der Waals surface area contributed by atoms with E-state index in [2.05, 4.69) is 18.7 Å². The zero-order valence-corrected chi connectivity index (χ0v) is 11.2. The van der Waals surface area contributed by atoms with Crippen LogP contribution in [0.1, 0.15) is 40.5 Å². The first-order valence-corrected chi connectivity index (χ1v) is 6.64. The molecule has 1 aliphatic carbocycles. The summed E-state index contributed by atoms with van der Waals surface area (Å²) in [6, 6.07) is 0.783. The van der Waals surface area contributed by atoms with Gasteiger partial charge in [-0.25, -0.2) is 0 Å². The molecular weight excluding hydrogens is 202 g/mol. The highest BCUT2D eigenvalue weighted by Crippen LogP contribution is 2.27. The summed E-state index contributed by atoms with van der Waals surface area (Å²) >= 11 is 0. The standard InChI is InChI=1S/C13H27NO2/c1-5-15-13(16-6-2)10-14(9-11(3)4)12-7-8-12/h11-13H,5-10H2,1-4H3. The molecule has 96 valence electrons. The normalized spacial score (nSPS) is 16.7. The first-order valence-electron chi connectivity index (χ1n) is 6.64. The second kappa shape index (κ2) is 7.25. The fraction of sp³-hybridized carbons (Fsp3) is 1.00. The summed E-state index contributed by atoms with van der Waals surface area (Å²) in [4.78, 5) is 2.53. The van der Waals surface area contributed by atoms with Gasteiger partial charge in [0.1, 0.15) is 0 Å². The Morgan fingerprint density at radius 1 is 1.06 bits per heavy atom. The Morgan fingerprint density at radius 3 is 2.00 bits per heavy atom. The smallest absolute Gasteiger partial charge is 0.170 e. The van der Waals surface area contributed by atoms with Crippen LogP contribution < -0.4 is 0 Å². The van der Waals surface area contributed by atoms with Crippen molar-refractivity contribution in [2.24, 2.45) is 5.92 Å². The average molecular weight is 229 g/mol. The predicted octanol–water partition coefficient (Wildman–Crippen LogP) is 2.51. The molecule has 0 aromatic rings. The van der Waals surface area contributed by atoms with Crippen LogP contribution in [-0.4, -0.2) is 43.5 Å². The SMILES string of the molecule is CCOC(CN(CC(C)C)C1CC1)OCC. The van der Waals surface area contributed by atoms with E-state index in [1.807, 2.05) is 13.8 Å².